The van der Waals surface area contributed by atoms with E-state index in [0.29, 0.717) is 11.5 Å². The zero-order chi connectivity index (χ0) is 13.9. The van der Waals surface area contributed by atoms with E-state index in [9.17, 15) is 0 Å². The Morgan fingerprint density at radius 1 is 1.10 bits per heavy atom. The minimum Gasteiger partial charge on any atom is -0.393 e. The van der Waals surface area contributed by atoms with Crippen LogP contribution in [0.25, 0.3) is 0 Å². The summed E-state index contributed by atoms with van der Waals surface area (Å²) >= 11 is 2.28. The minimum atomic E-state index is 0.618. The van der Waals surface area contributed by atoms with Crippen LogP contribution in [0.5, 0.6) is 0 Å². The number of nitrogens with one attached hydrogen (secondary N) is 1. The second-order valence-electron chi connectivity index (χ2n) is 4.79. The average molecular weight is 381 g/mol. The summed E-state index contributed by atoms with van der Waals surface area (Å²) in [5.74, 6) is 1.51. The standard InChI is InChI=1S/C14H16IN5/c15-10-3-5-11(6-4-10)19-13-12(16)14(18-9-17-13)20-7-1-2-8-20/h3-6,9H,1-2,7-8,16H2,(H,17,18,19). The van der Waals surface area contributed by atoms with Gasteiger partial charge in [-0.3, -0.25) is 0 Å². The molecule has 1 fully saturated rings. The lowest BCUT2D eigenvalue weighted by atomic mass is 10.3. The molecule has 3 rings (SSSR count). The third kappa shape index (κ3) is 2.79. The van der Waals surface area contributed by atoms with Crippen molar-refractivity contribution in [1.29, 1.82) is 0 Å². The maximum absolute atomic E-state index is 6.21. The van der Waals surface area contributed by atoms with Gasteiger partial charge in [-0.25, -0.2) is 9.97 Å². The van der Waals surface area contributed by atoms with Gasteiger partial charge in [-0.05, 0) is 59.7 Å². The third-order valence-corrected chi connectivity index (χ3v) is 4.09. The molecule has 1 aromatic carbocycles. The summed E-state index contributed by atoms with van der Waals surface area (Å²) in [5.41, 5.74) is 7.80. The molecule has 1 saturated heterocycles. The van der Waals surface area contributed by atoms with E-state index >= 15 is 0 Å². The molecule has 6 heteroatoms. The van der Waals surface area contributed by atoms with Crippen molar-refractivity contribution >= 4 is 45.6 Å². The molecular weight excluding hydrogens is 365 g/mol. The van der Waals surface area contributed by atoms with Crippen LogP contribution in [0.2, 0.25) is 0 Å². The predicted molar refractivity (Wildman–Crippen MR) is 90.3 cm³/mol. The molecule has 0 saturated carbocycles. The number of anilines is 4. The second-order valence-corrected chi connectivity index (χ2v) is 6.03. The SMILES string of the molecule is Nc1c(Nc2ccc(I)cc2)ncnc1N1CCCC1. The molecule has 0 bridgehead atoms. The van der Waals surface area contributed by atoms with E-state index in [-0.39, 0.29) is 0 Å². The van der Waals surface area contributed by atoms with Crippen molar-refractivity contribution in [2.24, 2.45) is 0 Å². The Morgan fingerprint density at radius 2 is 1.80 bits per heavy atom. The van der Waals surface area contributed by atoms with Gasteiger partial charge < -0.3 is 16.0 Å². The van der Waals surface area contributed by atoms with Gasteiger partial charge >= 0.3 is 0 Å². The average Bonchev–Trinajstić information content (AvgIpc) is 2.97. The number of benzene rings is 1. The zero-order valence-corrected chi connectivity index (χ0v) is 13.2. The molecule has 2 aromatic rings. The highest BCUT2D eigenvalue weighted by Gasteiger charge is 2.18. The van der Waals surface area contributed by atoms with Crippen molar-refractivity contribution < 1.29 is 0 Å². The van der Waals surface area contributed by atoms with E-state index < -0.39 is 0 Å². The minimum absolute atomic E-state index is 0.618. The summed E-state index contributed by atoms with van der Waals surface area (Å²) < 4.78 is 1.20. The first kappa shape index (κ1) is 13.4. The molecule has 0 radical (unpaired) electrons. The van der Waals surface area contributed by atoms with E-state index in [0.717, 1.165) is 24.6 Å². The molecule has 1 aliphatic rings. The van der Waals surface area contributed by atoms with E-state index in [4.69, 9.17) is 5.73 Å². The first-order chi connectivity index (χ1) is 9.74. The maximum Gasteiger partial charge on any atom is 0.159 e. The summed E-state index contributed by atoms with van der Waals surface area (Å²) in [4.78, 5) is 10.8. The second kappa shape index (κ2) is 5.82. The van der Waals surface area contributed by atoms with Crippen LogP contribution in [0.4, 0.5) is 23.0 Å². The number of hydrogen-bond donors (Lipinski definition) is 2. The molecule has 2 heterocycles. The van der Waals surface area contributed by atoms with Crippen LogP contribution in [-0.4, -0.2) is 23.1 Å². The largest absolute Gasteiger partial charge is 0.393 e. The van der Waals surface area contributed by atoms with Gasteiger partial charge in [0.1, 0.15) is 12.0 Å². The molecule has 20 heavy (non-hydrogen) atoms. The Bertz CT molecular complexity index is 593. The fourth-order valence-electron chi connectivity index (χ4n) is 2.34. The predicted octanol–water partition coefficient (Wildman–Crippen LogP) is 3.01. The molecule has 0 spiro atoms. The van der Waals surface area contributed by atoms with Crippen LogP contribution in [0.15, 0.2) is 30.6 Å². The number of halogens is 1. The first-order valence-corrected chi connectivity index (χ1v) is 7.70. The van der Waals surface area contributed by atoms with Gasteiger partial charge in [0.05, 0.1) is 0 Å². The smallest absolute Gasteiger partial charge is 0.159 e. The Morgan fingerprint density at radius 3 is 2.50 bits per heavy atom. The van der Waals surface area contributed by atoms with Crippen LogP contribution in [0.3, 0.4) is 0 Å². The summed E-state index contributed by atoms with van der Waals surface area (Å²) in [6.07, 6.45) is 3.96. The molecular formula is C14H16IN5. The van der Waals surface area contributed by atoms with Crippen molar-refractivity contribution in [2.45, 2.75) is 12.8 Å². The van der Waals surface area contributed by atoms with Crippen molar-refractivity contribution in [3.8, 4) is 0 Å². The molecule has 5 nitrogen and oxygen atoms in total. The quantitative estimate of drug-likeness (QED) is 0.801. The van der Waals surface area contributed by atoms with Gasteiger partial charge in [0.15, 0.2) is 11.6 Å². The lowest BCUT2D eigenvalue weighted by molar-refractivity contribution is 0.931. The van der Waals surface area contributed by atoms with Crippen molar-refractivity contribution in [3.05, 3.63) is 34.2 Å². The highest BCUT2D eigenvalue weighted by molar-refractivity contribution is 14.1. The van der Waals surface area contributed by atoms with E-state index in [1.165, 1.54) is 16.4 Å². The molecule has 0 amide bonds. The monoisotopic (exact) mass is 381 g/mol. The molecule has 1 aromatic heterocycles. The number of hydrogen-bond acceptors (Lipinski definition) is 5. The lowest BCUT2D eigenvalue weighted by Crippen LogP contribution is -2.21. The van der Waals surface area contributed by atoms with Gasteiger partial charge in [-0.1, -0.05) is 0 Å². The highest BCUT2D eigenvalue weighted by atomic mass is 127. The molecule has 0 atom stereocenters. The van der Waals surface area contributed by atoms with E-state index in [1.807, 2.05) is 24.3 Å². The topological polar surface area (TPSA) is 67.1 Å². The summed E-state index contributed by atoms with van der Waals surface area (Å²) in [7, 11) is 0. The summed E-state index contributed by atoms with van der Waals surface area (Å²) in [6.45, 7) is 2.04. The molecule has 3 N–H and O–H groups in total. The maximum atomic E-state index is 6.21. The van der Waals surface area contributed by atoms with E-state index in [1.54, 1.807) is 6.33 Å². The Balaban J connectivity index is 1.86. The van der Waals surface area contributed by atoms with Gasteiger partial charge in [0.25, 0.3) is 0 Å². The normalized spacial score (nSPS) is 14.6. The Kier molecular flexibility index (Phi) is 3.90. The fraction of sp³-hybridized carbons (Fsp3) is 0.286. The Labute approximate surface area is 131 Å². The van der Waals surface area contributed by atoms with Gasteiger partial charge in [0.2, 0.25) is 0 Å². The first-order valence-electron chi connectivity index (χ1n) is 6.62. The van der Waals surface area contributed by atoms with Crippen LogP contribution >= 0.6 is 22.6 Å². The highest BCUT2D eigenvalue weighted by Crippen LogP contribution is 2.30. The summed E-state index contributed by atoms with van der Waals surface area (Å²) in [6, 6.07) is 8.11. The van der Waals surface area contributed by atoms with E-state index in [2.05, 4.69) is 42.8 Å². The van der Waals surface area contributed by atoms with Crippen LogP contribution in [-0.2, 0) is 0 Å². The summed E-state index contributed by atoms with van der Waals surface area (Å²) in [5, 5.41) is 3.26. The lowest BCUT2D eigenvalue weighted by Gasteiger charge is -2.19. The van der Waals surface area contributed by atoms with Crippen LogP contribution < -0.4 is 16.0 Å². The van der Waals surface area contributed by atoms with Crippen molar-refractivity contribution in [2.75, 3.05) is 29.0 Å². The number of nitrogens with two attached hydrogens (primary N) is 1. The number of aromatic nitrogens is 2. The zero-order valence-electron chi connectivity index (χ0n) is 11.0. The number of nitrogens with zero attached hydrogens (tertiary/aromatic N) is 3. The molecule has 0 aliphatic carbocycles. The van der Waals surface area contributed by atoms with Gasteiger partial charge in [0, 0.05) is 22.3 Å². The fourth-order valence-corrected chi connectivity index (χ4v) is 2.70. The number of nitrogen functional groups attached to an aromatic ring is 1. The number of rotatable bonds is 3. The third-order valence-electron chi connectivity index (χ3n) is 3.38. The van der Waals surface area contributed by atoms with Crippen LogP contribution in [0, 0.1) is 3.57 Å². The van der Waals surface area contributed by atoms with Gasteiger partial charge in [-0.15, -0.1) is 0 Å². The van der Waals surface area contributed by atoms with Crippen LogP contribution in [0.1, 0.15) is 12.8 Å². The Hall–Kier alpha value is -1.57. The van der Waals surface area contributed by atoms with Gasteiger partial charge in [-0.2, -0.15) is 0 Å². The molecule has 0 unspecified atom stereocenters. The molecule has 1 aliphatic heterocycles. The molecule has 104 valence electrons. The van der Waals surface area contributed by atoms with Crippen molar-refractivity contribution in [1.82, 2.24) is 9.97 Å². The van der Waals surface area contributed by atoms with Crippen molar-refractivity contribution in [3.63, 3.8) is 0 Å².